The number of ether oxygens (including phenoxy) is 1. The van der Waals surface area contributed by atoms with Gasteiger partial charge < -0.3 is 10.5 Å². The van der Waals surface area contributed by atoms with Gasteiger partial charge in [-0.05, 0) is 63.8 Å². The summed E-state index contributed by atoms with van der Waals surface area (Å²) in [6, 6.07) is 7.23. The van der Waals surface area contributed by atoms with E-state index in [1.165, 1.54) is 0 Å². The van der Waals surface area contributed by atoms with E-state index in [1.54, 1.807) is 0 Å². The summed E-state index contributed by atoms with van der Waals surface area (Å²) in [6.07, 6.45) is 7.91. The number of halogens is 2. The first-order chi connectivity index (χ1) is 14.1. The van der Waals surface area contributed by atoms with Crippen LogP contribution < -0.4 is 5.73 Å². The van der Waals surface area contributed by atoms with Crippen LogP contribution in [0, 0.1) is 0 Å². The number of cyclic esters (lactones) is 1. The molecule has 6 heteroatoms. The molecular formula is C24H32Cl2N2O2. The van der Waals surface area contributed by atoms with E-state index in [0.717, 1.165) is 18.4 Å². The van der Waals surface area contributed by atoms with Crippen molar-refractivity contribution in [1.29, 1.82) is 0 Å². The van der Waals surface area contributed by atoms with Gasteiger partial charge in [-0.2, -0.15) is 0 Å². The Bertz CT molecular complexity index is 876. The van der Waals surface area contributed by atoms with Gasteiger partial charge in [-0.15, -0.1) is 0 Å². The number of hydrogen-bond acceptors (Lipinski definition) is 4. The maximum absolute atomic E-state index is 13.2. The lowest BCUT2D eigenvalue weighted by Crippen LogP contribution is -2.66. The van der Waals surface area contributed by atoms with Crippen LogP contribution >= 0.6 is 23.2 Å². The molecule has 0 saturated carbocycles. The molecule has 0 aliphatic carbocycles. The highest BCUT2D eigenvalue weighted by molar-refractivity contribution is 6.31. The number of carbonyl (C=O) groups is 1. The molecule has 1 aromatic carbocycles. The number of nitrogens with two attached hydrogens (primary N) is 1. The minimum atomic E-state index is -0.740. The molecule has 2 saturated heterocycles. The van der Waals surface area contributed by atoms with E-state index in [4.69, 9.17) is 33.7 Å². The van der Waals surface area contributed by atoms with E-state index in [-0.39, 0.29) is 11.9 Å². The van der Waals surface area contributed by atoms with Gasteiger partial charge in [0.15, 0.2) is 5.72 Å². The van der Waals surface area contributed by atoms with Crippen LogP contribution in [0.4, 0.5) is 0 Å². The number of fused-ring (bicyclic) bond motifs is 1. The first-order valence-corrected chi connectivity index (χ1v) is 11.4. The number of nitrogens with zero attached hydrogens (tertiary/aromatic N) is 1. The third-order valence-corrected chi connectivity index (χ3v) is 7.61. The van der Waals surface area contributed by atoms with E-state index < -0.39 is 22.8 Å². The molecule has 0 amide bonds. The Morgan fingerprint density at radius 2 is 1.97 bits per heavy atom. The second kappa shape index (κ2) is 8.31. The van der Waals surface area contributed by atoms with Crippen molar-refractivity contribution in [2.24, 2.45) is 5.73 Å². The molecule has 164 valence electrons. The topological polar surface area (TPSA) is 55.6 Å². The quantitative estimate of drug-likeness (QED) is 0.442. The lowest BCUT2D eigenvalue weighted by atomic mass is 9.65. The fourth-order valence-corrected chi connectivity index (χ4v) is 6.15. The molecular weight excluding hydrogens is 419 g/mol. The molecule has 1 aromatic rings. The smallest absolute Gasteiger partial charge is 0.325 e. The Kier molecular flexibility index (Phi) is 6.46. The van der Waals surface area contributed by atoms with Gasteiger partial charge in [-0.25, -0.2) is 4.90 Å². The summed E-state index contributed by atoms with van der Waals surface area (Å²) in [7, 11) is 0. The average molecular weight is 451 g/mol. The minimum Gasteiger partial charge on any atom is -0.443 e. The van der Waals surface area contributed by atoms with Crippen LogP contribution in [0.2, 0.25) is 5.02 Å². The van der Waals surface area contributed by atoms with Crippen LogP contribution in [-0.4, -0.2) is 33.7 Å². The Morgan fingerprint density at radius 1 is 1.30 bits per heavy atom. The van der Waals surface area contributed by atoms with Crippen molar-refractivity contribution in [3.05, 3.63) is 58.1 Å². The lowest BCUT2D eigenvalue weighted by Gasteiger charge is -2.51. The van der Waals surface area contributed by atoms with Gasteiger partial charge in [-0.1, -0.05) is 61.3 Å². The highest BCUT2D eigenvalue weighted by Crippen LogP contribution is 2.60. The monoisotopic (exact) mass is 450 g/mol. The zero-order chi connectivity index (χ0) is 22.3. The molecule has 3 unspecified atom stereocenters. The van der Waals surface area contributed by atoms with Crippen LogP contribution in [0.25, 0.3) is 0 Å². The molecule has 2 aliphatic rings. The number of benzene rings is 1. The lowest BCUT2D eigenvalue weighted by molar-refractivity contribution is -0.156. The van der Waals surface area contributed by atoms with E-state index >= 15 is 0 Å². The van der Waals surface area contributed by atoms with Crippen LogP contribution in [0.3, 0.4) is 0 Å². The summed E-state index contributed by atoms with van der Waals surface area (Å²) in [5, 5.41) is 1.29. The summed E-state index contributed by atoms with van der Waals surface area (Å²) in [5.41, 5.74) is 6.45. The Labute approximate surface area is 190 Å². The molecule has 0 spiro atoms. The van der Waals surface area contributed by atoms with Crippen molar-refractivity contribution < 1.29 is 9.53 Å². The van der Waals surface area contributed by atoms with Crippen LogP contribution in [0.15, 0.2) is 47.5 Å². The summed E-state index contributed by atoms with van der Waals surface area (Å²) < 4.78 is 5.86. The standard InChI is InChI=1S/C24H32Cl2N2O2/c1-6-17(25)13-10-14-24(27)19(16-11-9-12-18(26)15-16)20-21(29)30-22(4,5)28(20)23(24,7-2)8-3/h6,9-13,15,19-20H,7-8,14,27H2,1-5H3. The Hall–Kier alpha value is -1.33. The van der Waals surface area contributed by atoms with Gasteiger partial charge in [0.05, 0.1) is 0 Å². The maximum Gasteiger partial charge on any atom is 0.325 e. The molecule has 2 heterocycles. The zero-order valence-corrected chi connectivity index (χ0v) is 19.9. The molecule has 4 nitrogen and oxygen atoms in total. The van der Waals surface area contributed by atoms with Gasteiger partial charge >= 0.3 is 5.97 Å². The van der Waals surface area contributed by atoms with Gasteiger partial charge in [-0.3, -0.25) is 4.79 Å². The molecule has 0 radical (unpaired) electrons. The van der Waals surface area contributed by atoms with Crippen molar-refractivity contribution >= 4 is 29.2 Å². The summed E-state index contributed by atoms with van der Waals surface area (Å²) in [5.74, 6) is -0.488. The number of esters is 1. The van der Waals surface area contributed by atoms with Crippen molar-refractivity contribution in [3.8, 4) is 0 Å². The normalized spacial score (nSPS) is 30.7. The highest BCUT2D eigenvalue weighted by atomic mass is 35.5. The summed E-state index contributed by atoms with van der Waals surface area (Å²) in [4.78, 5) is 15.4. The van der Waals surface area contributed by atoms with Crippen molar-refractivity contribution in [3.63, 3.8) is 0 Å². The van der Waals surface area contributed by atoms with E-state index in [0.29, 0.717) is 16.5 Å². The minimum absolute atomic E-state index is 0.223. The molecule has 2 N–H and O–H groups in total. The van der Waals surface area contributed by atoms with Gasteiger partial charge in [0.2, 0.25) is 0 Å². The van der Waals surface area contributed by atoms with E-state index in [9.17, 15) is 4.79 Å². The first-order valence-electron chi connectivity index (χ1n) is 10.6. The molecule has 0 aromatic heterocycles. The summed E-state index contributed by atoms with van der Waals surface area (Å²) in [6.45, 7) is 10.1. The molecule has 3 rings (SSSR count). The van der Waals surface area contributed by atoms with E-state index in [2.05, 4.69) is 18.7 Å². The summed E-state index contributed by atoms with van der Waals surface area (Å²) >= 11 is 12.6. The van der Waals surface area contributed by atoms with Crippen molar-refractivity contribution in [1.82, 2.24) is 4.90 Å². The first kappa shape index (κ1) is 23.3. The molecule has 0 bridgehead atoms. The molecule has 2 aliphatic heterocycles. The fourth-order valence-electron chi connectivity index (χ4n) is 5.87. The van der Waals surface area contributed by atoms with Crippen LogP contribution in [0.5, 0.6) is 0 Å². The number of allylic oxidation sites excluding steroid dienone is 3. The van der Waals surface area contributed by atoms with Crippen molar-refractivity contribution in [2.45, 2.75) is 82.6 Å². The SMILES string of the molecule is CC=C(Cl)C=CCC1(N)C(c2cccc(Cl)c2)C2C(=O)OC(C)(C)N2C1(CC)CC. The average Bonchev–Trinajstić information content (AvgIpc) is 3.07. The maximum atomic E-state index is 13.2. The number of hydrogen-bond donors (Lipinski definition) is 1. The van der Waals surface area contributed by atoms with Crippen molar-refractivity contribution in [2.75, 3.05) is 0 Å². The second-order valence-corrected chi connectivity index (χ2v) is 9.65. The second-order valence-electron chi connectivity index (χ2n) is 8.77. The Balaban J connectivity index is 2.24. The molecule has 2 fully saturated rings. The highest BCUT2D eigenvalue weighted by Gasteiger charge is 2.72. The van der Waals surface area contributed by atoms with Gasteiger partial charge in [0.25, 0.3) is 0 Å². The van der Waals surface area contributed by atoms with Gasteiger partial charge in [0, 0.05) is 27.1 Å². The predicted octanol–water partition coefficient (Wildman–Crippen LogP) is 5.75. The van der Waals surface area contributed by atoms with Crippen LogP contribution in [-0.2, 0) is 9.53 Å². The van der Waals surface area contributed by atoms with Crippen LogP contribution in [0.1, 0.15) is 65.4 Å². The number of carbonyl (C=O) groups excluding carboxylic acids is 1. The fraction of sp³-hybridized carbons (Fsp3) is 0.542. The van der Waals surface area contributed by atoms with E-state index in [1.807, 2.05) is 63.3 Å². The third-order valence-electron chi connectivity index (χ3n) is 7.03. The Morgan fingerprint density at radius 3 is 2.53 bits per heavy atom. The predicted molar refractivity (Wildman–Crippen MR) is 124 cm³/mol. The van der Waals surface area contributed by atoms with Gasteiger partial charge in [0.1, 0.15) is 6.04 Å². The largest absolute Gasteiger partial charge is 0.443 e. The molecule has 30 heavy (non-hydrogen) atoms. The zero-order valence-electron chi connectivity index (χ0n) is 18.4. The third kappa shape index (κ3) is 3.42. The number of rotatable bonds is 6. The molecule has 3 atom stereocenters.